The second-order valence-corrected chi connectivity index (χ2v) is 4.16. The van der Waals surface area contributed by atoms with Crippen molar-refractivity contribution in [2.45, 2.75) is 45.8 Å². The van der Waals surface area contributed by atoms with Gasteiger partial charge in [0.15, 0.2) is 0 Å². The van der Waals surface area contributed by atoms with Crippen molar-refractivity contribution in [3.8, 4) is 11.8 Å². The fourth-order valence-corrected chi connectivity index (χ4v) is 0.861. The van der Waals surface area contributed by atoms with Gasteiger partial charge in [-0.1, -0.05) is 0 Å². The number of aliphatic hydroxyl groups is 1. The van der Waals surface area contributed by atoms with Crippen molar-refractivity contribution >= 4 is 6.09 Å². The molecule has 0 saturated heterocycles. The molecule has 1 amide bonds. The van der Waals surface area contributed by atoms with E-state index in [1.54, 1.807) is 27.7 Å². The van der Waals surface area contributed by atoms with E-state index in [0.717, 1.165) is 0 Å². The van der Waals surface area contributed by atoms with Crippen LogP contribution in [0, 0.1) is 11.8 Å². The Hall–Kier alpha value is -1.21. The maximum atomic E-state index is 11.3. The third-order valence-electron chi connectivity index (χ3n) is 1.47. The van der Waals surface area contributed by atoms with E-state index in [-0.39, 0.29) is 12.6 Å². The average molecular weight is 213 g/mol. The van der Waals surface area contributed by atoms with Crippen LogP contribution in [0.2, 0.25) is 0 Å². The summed E-state index contributed by atoms with van der Waals surface area (Å²) in [6.45, 7) is 6.92. The first-order chi connectivity index (χ1) is 6.89. The highest BCUT2D eigenvalue weighted by Crippen LogP contribution is 2.06. The van der Waals surface area contributed by atoms with E-state index >= 15 is 0 Å². The van der Waals surface area contributed by atoms with Crippen LogP contribution in [0.5, 0.6) is 0 Å². The Balaban J connectivity index is 4.05. The van der Waals surface area contributed by atoms with Gasteiger partial charge >= 0.3 is 6.09 Å². The Morgan fingerprint density at radius 1 is 1.53 bits per heavy atom. The first-order valence-electron chi connectivity index (χ1n) is 4.89. The van der Waals surface area contributed by atoms with Crippen molar-refractivity contribution < 1.29 is 14.6 Å². The van der Waals surface area contributed by atoms with Gasteiger partial charge in [-0.15, -0.1) is 11.8 Å². The minimum atomic E-state index is -0.528. The third kappa shape index (κ3) is 7.83. The molecule has 0 aromatic heterocycles. The SMILES string of the molecule is CC#CCC(CO)NC(=O)OC(C)(C)C. The first kappa shape index (κ1) is 13.8. The van der Waals surface area contributed by atoms with Gasteiger partial charge in [0.25, 0.3) is 0 Å². The van der Waals surface area contributed by atoms with Crippen molar-refractivity contribution in [3.05, 3.63) is 0 Å². The molecule has 0 aliphatic carbocycles. The predicted molar refractivity (Wildman–Crippen MR) is 58.3 cm³/mol. The molecule has 2 N–H and O–H groups in total. The molecule has 0 aliphatic heterocycles. The quantitative estimate of drug-likeness (QED) is 0.694. The lowest BCUT2D eigenvalue weighted by Gasteiger charge is -2.21. The molecule has 0 bridgehead atoms. The average Bonchev–Trinajstić information content (AvgIpc) is 2.09. The molecule has 15 heavy (non-hydrogen) atoms. The number of alkyl carbamates (subject to hydrolysis) is 1. The molecule has 0 rings (SSSR count). The van der Waals surface area contributed by atoms with Gasteiger partial charge in [-0.25, -0.2) is 4.79 Å². The number of carbonyl (C=O) groups excluding carboxylic acids is 1. The molecule has 4 heteroatoms. The monoisotopic (exact) mass is 213 g/mol. The topological polar surface area (TPSA) is 58.6 Å². The summed E-state index contributed by atoms with van der Waals surface area (Å²) in [5.74, 6) is 5.49. The van der Waals surface area contributed by atoms with Crippen LogP contribution in [0.3, 0.4) is 0 Å². The summed E-state index contributed by atoms with van der Waals surface area (Å²) in [7, 11) is 0. The molecule has 0 aromatic carbocycles. The fraction of sp³-hybridized carbons (Fsp3) is 0.727. The van der Waals surface area contributed by atoms with Crippen molar-refractivity contribution in [2.75, 3.05) is 6.61 Å². The molecule has 0 aliphatic rings. The van der Waals surface area contributed by atoms with E-state index in [9.17, 15) is 4.79 Å². The normalized spacial score (nSPS) is 12.3. The van der Waals surface area contributed by atoms with Crippen LogP contribution in [0.15, 0.2) is 0 Å². The summed E-state index contributed by atoms with van der Waals surface area (Å²) >= 11 is 0. The zero-order valence-electron chi connectivity index (χ0n) is 9.76. The Bertz CT molecular complexity index is 257. The fourth-order valence-electron chi connectivity index (χ4n) is 0.861. The maximum absolute atomic E-state index is 11.3. The van der Waals surface area contributed by atoms with Crippen LogP contribution in [0.4, 0.5) is 4.79 Å². The number of amides is 1. The second-order valence-electron chi connectivity index (χ2n) is 4.16. The molecule has 4 nitrogen and oxygen atoms in total. The van der Waals surface area contributed by atoms with Crippen LogP contribution in [-0.2, 0) is 4.74 Å². The number of aliphatic hydroxyl groups excluding tert-OH is 1. The van der Waals surface area contributed by atoms with Gasteiger partial charge in [-0.05, 0) is 27.7 Å². The van der Waals surface area contributed by atoms with Gasteiger partial charge in [0, 0.05) is 6.42 Å². The minimum Gasteiger partial charge on any atom is -0.444 e. The van der Waals surface area contributed by atoms with Crippen molar-refractivity contribution in [2.24, 2.45) is 0 Å². The Morgan fingerprint density at radius 3 is 2.53 bits per heavy atom. The molecule has 0 spiro atoms. The molecule has 0 radical (unpaired) electrons. The largest absolute Gasteiger partial charge is 0.444 e. The van der Waals surface area contributed by atoms with Crippen LogP contribution in [0.25, 0.3) is 0 Å². The molecule has 0 saturated carbocycles. The highest BCUT2D eigenvalue weighted by molar-refractivity contribution is 5.68. The molecular formula is C11H19NO3. The second kappa shape index (κ2) is 6.31. The van der Waals surface area contributed by atoms with Crippen LogP contribution in [-0.4, -0.2) is 29.4 Å². The number of hydrogen-bond donors (Lipinski definition) is 2. The molecule has 0 heterocycles. The Labute approximate surface area is 91.0 Å². The zero-order chi connectivity index (χ0) is 11.9. The predicted octanol–water partition coefficient (Wildman–Crippen LogP) is 1.29. The molecule has 0 aromatic rings. The number of rotatable bonds is 3. The highest BCUT2D eigenvalue weighted by Gasteiger charge is 2.18. The van der Waals surface area contributed by atoms with E-state index in [4.69, 9.17) is 9.84 Å². The lowest BCUT2D eigenvalue weighted by atomic mass is 10.2. The molecule has 0 fully saturated rings. The minimum absolute atomic E-state index is 0.145. The summed E-state index contributed by atoms with van der Waals surface area (Å²) in [6, 6.07) is -0.368. The van der Waals surface area contributed by atoms with Crippen molar-refractivity contribution in [1.82, 2.24) is 5.32 Å². The van der Waals surface area contributed by atoms with Crippen molar-refractivity contribution in [3.63, 3.8) is 0 Å². The molecule has 1 atom stereocenters. The van der Waals surface area contributed by atoms with Gasteiger partial charge in [-0.2, -0.15) is 0 Å². The number of carbonyl (C=O) groups is 1. The highest BCUT2D eigenvalue weighted by atomic mass is 16.6. The van der Waals surface area contributed by atoms with E-state index < -0.39 is 11.7 Å². The van der Waals surface area contributed by atoms with Gasteiger partial charge in [-0.3, -0.25) is 0 Å². The lowest BCUT2D eigenvalue weighted by molar-refractivity contribution is 0.0484. The summed E-state index contributed by atoms with van der Waals surface area (Å²) < 4.78 is 5.04. The van der Waals surface area contributed by atoms with Crippen molar-refractivity contribution in [1.29, 1.82) is 0 Å². The summed E-state index contributed by atoms with van der Waals surface area (Å²) in [5.41, 5.74) is -0.527. The van der Waals surface area contributed by atoms with Gasteiger partial charge in [0.2, 0.25) is 0 Å². The number of hydrogen-bond acceptors (Lipinski definition) is 3. The number of nitrogens with one attached hydrogen (secondary N) is 1. The van der Waals surface area contributed by atoms with E-state index in [1.807, 2.05) is 0 Å². The maximum Gasteiger partial charge on any atom is 0.407 e. The van der Waals surface area contributed by atoms with Crippen LogP contribution in [0.1, 0.15) is 34.1 Å². The van der Waals surface area contributed by atoms with E-state index in [0.29, 0.717) is 6.42 Å². The molecular weight excluding hydrogens is 194 g/mol. The molecule has 1 unspecified atom stereocenters. The summed E-state index contributed by atoms with van der Waals surface area (Å²) in [4.78, 5) is 11.3. The van der Waals surface area contributed by atoms with Gasteiger partial charge in [0.1, 0.15) is 5.60 Å². The summed E-state index contributed by atoms with van der Waals surface area (Å²) in [6.07, 6.45) is -0.105. The lowest BCUT2D eigenvalue weighted by Crippen LogP contribution is -2.40. The standard InChI is InChI=1S/C11H19NO3/c1-5-6-7-9(8-13)12-10(14)15-11(2,3)4/h9,13H,7-8H2,1-4H3,(H,12,14). The molecule has 86 valence electrons. The van der Waals surface area contributed by atoms with Gasteiger partial charge < -0.3 is 15.2 Å². The van der Waals surface area contributed by atoms with Crippen LogP contribution < -0.4 is 5.32 Å². The van der Waals surface area contributed by atoms with E-state index in [1.165, 1.54) is 0 Å². The number of ether oxygens (including phenoxy) is 1. The first-order valence-corrected chi connectivity index (χ1v) is 4.89. The smallest absolute Gasteiger partial charge is 0.407 e. The van der Waals surface area contributed by atoms with Gasteiger partial charge in [0.05, 0.1) is 12.6 Å². The van der Waals surface area contributed by atoms with Crippen LogP contribution >= 0.6 is 0 Å². The zero-order valence-corrected chi connectivity index (χ0v) is 9.76. The summed E-state index contributed by atoms with van der Waals surface area (Å²) in [5, 5.41) is 11.5. The third-order valence-corrected chi connectivity index (χ3v) is 1.47. The Kier molecular flexibility index (Phi) is 5.80. The Morgan fingerprint density at radius 2 is 2.13 bits per heavy atom. The van der Waals surface area contributed by atoms with E-state index in [2.05, 4.69) is 17.2 Å².